The Morgan fingerprint density at radius 1 is 1.39 bits per heavy atom. The van der Waals surface area contributed by atoms with Crippen LogP contribution in [0.2, 0.25) is 0 Å². The van der Waals surface area contributed by atoms with Gasteiger partial charge in [-0.1, -0.05) is 13.8 Å². The Morgan fingerprint density at radius 3 is 2.65 bits per heavy atom. The molecule has 1 heterocycles. The van der Waals surface area contributed by atoms with E-state index < -0.39 is 0 Å². The van der Waals surface area contributed by atoms with Gasteiger partial charge in [0.15, 0.2) is 5.96 Å². The molecular formula is C16H29BrIN3OS. The first-order valence-corrected chi connectivity index (χ1v) is 9.58. The molecule has 1 aromatic rings. The maximum Gasteiger partial charge on any atom is 0.191 e. The number of nitrogens with zero attached hydrogens (tertiary/aromatic N) is 1. The summed E-state index contributed by atoms with van der Waals surface area (Å²) in [6, 6.07) is 2.10. The van der Waals surface area contributed by atoms with Crippen molar-refractivity contribution >= 4 is 57.2 Å². The number of aliphatic hydroxyl groups excluding tert-OH is 1. The minimum Gasteiger partial charge on any atom is -0.396 e. The van der Waals surface area contributed by atoms with Gasteiger partial charge in [-0.2, -0.15) is 0 Å². The fraction of sp³-hybridized carbons (Fsp3) is 0.688. The molecular weight excluding hydrogens is 489 g/mol. The Kier molecular flexibility index (Phi) is 13.5. The zero-order valence-electron chi connectivity index (χ0n) is 14.1. The Labute approximate surface area is 169 Å². The molecule has 1 aromatic heterocycles. The lowest BCUT2D eigenvalue weighted by molar-refractivity contribution is 0.243. The minimum absolute atomic E-state index is 0. The first-order valence-electron chi connectivity index (χ1n) is 7.91. The highest BCUT2D eigenvalue weighted by molar-refractivity contribution is 14.0. The fourth-order valence-corrected chi connectivity index (χ4v) is 3.70. The molecule has 7 heteroatoms. The lowest BCUT2D eigenvalue weighted by atomic mass is 9.94. The van der Waals surface area contributed by atoms with E-state index in [1.54, 1.807) is 11.3 Å². The van der Waals surface area contributed by atoms with E-state index in [-0.39, 0.29) is 30.6 Å². The second kappa shape index (κ2) is 13.4. The van der Waals surface area contributed by atoms with Gasteiger partial charge in [-0.15, -0.1) is 35.3 Å². The van der Waals surface area contributed by atoms with Gasteiger partial charge in [-0.3, -0.25) is 0 Å². The van der Waals surface area contributed by atoms with Crippen molar-refractivity contribution in [3.8, 4) is 0 Å². The summed E-state index contributed by atoms with van der Waals surface area (Å²) in [6.07, 6.45) is 1.95. The summed E-state index contributed by atoms with van der Waals surface area (Å²) in [4.78, 5) is 5.86. The lowest BCUT2D eigenvalue weighted by Crippen LogP contribution is -2.40. The van der Waals surface area contributed by atoms with Crippen LogP contribution in [-0.4, -0.2) is 30.8 Å². The summed E-state index contributed by atoms with van der Waals surface area (Å²) in [5.74, 6) is 1.96. The quantitative estimate of drug-likeness (QED) is 0.261. The van der Waals surface area contributed by atoms with Crippen molar-refractivity contribution in [1.82, 2.24) is 10.6 Å². The third-order valence-electron chi connectivity index (χ3n) is 3.26. The highest BCUT2D eigenvalue weighted by Crippen LogP contribution is 2.20. The zero-order valence-corrected chi connectivity index (χ0v) is 18.9. The molecule has 134 valence electrons. The smallest absolute Gasteiger partial charge is 0.191 e. The number of rotatable bonds is 9. The van der Waals surface area contributed by atoms with Gasteiger partial charge < -0.3 is 15.7 Å². The number of aliphatic imine (C=N–C) groups is 1. The summed E-state index contributed by atoms with van der Waals surface area (Å²) in [5, 5.41) is 18.0. The summed E-state index contributed by atoms with van der Waals surface area (Å²) in [5.41, 5.74) is 0. The topological polar surface area (TPSA) is 56.7 Å². The van der Waals surface area contributed by atoms with E-state index in [9.17, 15) is 5.11 Å². The van der Waals surface area contributed by atoms with E-state index in [4.69, 9.17) is 0 Å². The first-order chi connectivity index (χ1) is 10.5. The average Bonchev–Trinajstić information content (AvgIpc) is 2.87. The van der Waals surface area contributed by atoms with Crippen LogP contribution >= 0.6 is 51.2 Å². The summed E-state index contributed by atoms with van der Waals surface area (Å²) in [7, 11) is 0. The molecule has 0 aromatic carbocycles. The van der Waals surface area contributed by atoms with Crippen LogP contribution in [0.3, 0.4) is 0 Å². The third kappa shape index (κ3) is 10.6. The normalized spacial score (nSPS) is 12.9. The molecule has 23 heavy (non-hydrogen) atoms. The van der Waals surface area contributed by atoms with Crippen molar-refractivity contribution in [2.24, 2.45) is 16.8 Å². The van der Waals surface area contributed by atoms with Crippen molar-refractivity contribution < 1.29 is 5.11 Å². The molecule has 0 saturated heterocycles. The Balaban J connectivity index is 0.00000484. The van der Waals surface area contributed by atoms with E-state index >= 15 is 0 Å². The van der Waals surface area contributed by atoms with Crippen LogP contribution in [0, 0.1) is 11.8 Å². The van der Waals surface area contributed by atoms with Gasteiger partial charge in [-0.25, -0.2) is 4.99 Å². The first kappa shape index (κ1) is 23.1. The van der Waals surface area contributed by atoms with E-state index in [1.165, 1.54) is 4.88 Å². The van der Waals surface area contributed by atoms with Crippen molar-refractivity contribution in [2.45, 2.75) is 40.2 Å². The minimum atomic E-state index is 0. The van der Waals surface area contributed by atoms with Gasteiger partial charge in [0.1, 0.15) is 0 Å². The van der Waals surface area contributed by atoms with Crippen LogP contribution in [0.5, 0.6) is 0 Å². The molecule has 0 aliphatic rings. The summed E-state index contributed by atoms with van der Waals surface area (Å²) < 4.78 is 1.11. The molecule has 1 unspecified atom stereocenters. The van der Waals surface area contributed by atoms with Crippen LogP contribution < -0.4 is 10.6 Å². The molecule has 1 atom stereocenters. The second-order valence-electron chi connectivity index (χ2n) is 5.82. The predicted molar refractivity (Wildman–Crippen MR) is 115 cm³/mol. The standard InChI is InChI=1S/C16H28BrN3OS.HI/c1-4-18-16(20-10-15-8-14(17)11-22-15)19-9-13(5-6-21)7-12(2)3;/h8,11-13,21H,4-7,9-10H2,1-3H3,(H2,18,19,20);1H. The van der Waals surface area contributed by atoms with Gasteiger partial charge >= 0.3 is 0 Å². The molecule has 0 saturated carbocycles. The van der Waals surface area contributed by atoms with Crippen LogP contribution in [0.25, 0.3) is 0 Å². The van der Waals surface area contributed by atoms with Crippen LogP contribution in [0.1, 0.15) is 38.5 Å². The molecule has 1 rings (SSSR count). The number of hydrogen-bond acceptors (Lipinski definition) is 3. The zero-order chi connectivity index (χ0) is 16.4. The van der Waals surface area contributed by atoms with Gasteiger partial charge in [0.25, 0.3) is 0 Å². The average molecular weight is 518 g/mol. The molecule has 3 N–H and O–H groups in total. The third-order valence-corrected chi connectivity index (χ3v) is 4.94. The molecule has 0 bridgehead atoms. The molecule has 0 aliphatic heterocycles. The Morgan fingerprint density at radius 2 is 2.13 bits per heavy atom. The SMILES string of the molecule is CCNC(=NCc1cc(Br)cs1)NCC(CCO)CC(C)C.I. The fourth-order valence-electron chi connectivity index (χ4n) is 2.33. The molecule has 0 amide bonds. The number of aliphatic hydroxyl groups is 1. The van der Waals surface area contributed by atoms with Crippen LogP contribution in [0.4, 0.5) is 0 Å². The Hall–Kier alpha value is 0.140. The number of nitrogens with one attached hydrogen (secondary N) is 2. The van der Waals surface area contributed by atoms with Crippen molar-refractivity contribution in [2.75, 3.05) is 19.7 Å². The molecule has 0 fully saturated rings. The molecule has 4 nitrogen and oxygen atoms in total. The van der Waals surface area contributed by atoms with E-state index in [1.807, 2.05) is 0 Å². The van der Waals surface area contributed by atoms with Gasteiger partial charge in [-0.05, 0) is 53.6 Å². The van der Waals surface area contributed by atoms with Crippen LogP contribution in [-0.2, 0) is 6.54 Å². The molecule has 0 spiro atoms. The highest BCUT2D eigenvalue weighted by Gasteiger charge is 2.11. The van der Waals surface area contributed by atoms with E-state index in [0.29, 0.717) is 18.4 Å². The number of hydrogen-bond donors (Lipinski definition) is 3. The van der Waals surface area contributed by atoms with Crippen molar-refractivity contribution in [3.05, 3.63) is 20.8 Å². The highest BCUT2D eigenvalue weighted by atomic mass is 127. The second-order valence-corrected chi connectivity index (χ2v) is 7.73. The van der Waals surface area contributed by atoms with Gasteiger partial charge in [0.2, 0.25) is 0 Å². The van der Waals surface area contributed by atoms with Gasteiger partial charge in [0.05, 0.1) is 6.54 Å². The lowest BCUT2D eigenvalue weighted by Gasteiger charge is -2.20. The summed E-state index contributed by atoms with van der Waals surface area (Å²) in [6.45, 7) is 9.12. The van der Waals surface area contributed by atoms with E-state index in [2.05, 4.69) is 63.8 Å². The van der Waals surface area contributed by atoms with Crippen molar-refractivity contribution in [3.63, 3.8) is 0 Å². The van der Waals surface area contributed by atoms with Crippen LogP contribution in [0.15, 0.2) is 20.9 Å². The van der Waals surface area contributed by atoms with Crippen molar-refractivity contribution in [1.29, 1.82) is 0 Å². The number of halogens is 2. The maximum absolute atomic E-state index is 9.20. The monoisotopic (exact) mass is 517 g/mol. The molecule has 0 radical (unpaired) electrons. The summed E-state index contributed by atoms with van der Waals surface area (Å²) >= 11 is 5.17. The number of guanidine groups is 1. The predicted octanol–water partition coefficient (Wildman–Crippen LogP) is 4.23. The van der Waals surface area contributed by atoms with E-state index in [0.717, 1.165) is 36.4 Å². The maximum atomic E-state index is 9.20. The van der Waals surface area contributed by atoms with Gasteiger partial charge in [0, 0.05) is 34.4 Å². The molecule has 0 aliphatic carbocycles. The number of thiophene rings is 1. The Bertz CT molecular complexity index is 454. The largest absolute Gasteiger partial charge is 0.396 e.